The van der Waals surface area contributed by atoms with Crippen LogP contribution in [-0.4, -0.2) is 28.7 Å². The molecule has 1 saturated heterocycles. The summed E-state index contributed by atoms with van der Waals surface area (Å²) in [4.78, 5) is 14.3. The van der Waals surface area contributed by atoms with E-state index < -0.39 is 5.72 Å². The van der Waals surface area contributed by atoms with Crippen LogP contribution in [0.5, 0.6) is 0 Å². The highest BCUT2D eigenvalue weighted by atomic mass is 16.6. The molecule has 0 radical (unpaired) electrons. The average molecular weight is 249 g/mol. The number of aromatic nitrogens is 1. The summed E-state index contributed by atoms with van der Waals surface area (Å²) in [6.07, 6.45) is 3.75. The lowest BCUT2D eigenvalue weighted by molar-refractivity contribution is -0.671. The summed E-state index contributed by atoms with van der Waals surface area (Å²) in [6, 6.07) is 3.71. The first-order valence-corrected chi connectivity index (χ1v) is 6.19. The van der Waals surface area contributed by atoms with Crippen molar-refractivity contribution in [2.45, 2.75) is 39.0 Å². The maximum Gasteiger partial charge on any atom is 0.262 e. The lowest BCUT2D eigenvalue weighted by Crippen LogP contribution is -2.44. The molecule has 0 unspecified atom stereocenters. The Morgan fingerprint density at radius 3 is 2.56 bits per heavy atom. The van der Waals surface area contributed by atoms with Crippen LogP contribution in [0.15, 0.2) is 24.5 Å². The summed E-state index contributed by atoms with van der Waals surface area (Å²) in [5.74, 6) is 0.0155. The standard InChI is InChI=1S/C14H21N2O2/c1-13(2)10-16(14(3,4)18-13)12(17)11-7-6-8-15(5)9-11/h6-9H,10H2,1-5H3/q+1. The van der Waals surface area contributed by atoms with Crippen molar-refractivity contribution in [2.24, 2.45) is 7.05 Å². The number of amides is 1. The molecule has 0 bridgehead atoms. The molecule has 0 aromatic carbocycles. The molecule has 0 N–H and O–H groups in total. The van der Waals surface area contributed by atoms with Gasteiger partial charge in [-0.25, -0.2) is 4.57 Å². The molecule has 1 aliphatic heterocycles. The van der Waals surface area contributed by atoms with E-state index in [0.29, 0.717) is 12.1 Å². The van der Waals surface area contributed by atoms with E-state index in [9.17, 15) is 4.79 Å². The van der Waals surface area contributed by atoms with Crippen LogP contribution in [0.2, 0.25) is 0 Å². The summed E-state index contributed by atoms with van der Waals surface area (Å²) in [5.41, 5.74) is -0.167. The minimum absolute atomic E-state index is 0.0155. The molecule has 4 heteroatoms. The van der Waals surface area contributed by atoms with Crippen LogP contribution in [0.3, 0.4) is 0 Å². The Morgan fingerprint density at radius 2 is 2.06 bits per heavy atom. The van der Waals surface area contributed by atoms with Crippen LogP contribution >= 0.6 is 0 Å². The van der Waals surface area contributed by atoms with Gasteiger partial charge in [-0.3, -0.25) is 4.79 Å². The Kier molecular flexibility index (Phi) is 2.93. The molecule has 0 spiro atoms. The molecule has 4 nitrogen and oxygen atoms in total. The molecule has 98 valence electrons. The maximum atomic E-state index is 12.5. The van der Waals surface area contributed by atoms with Crippen molar-refractivity contribution in [1.29, 1.82) is 0 Å². The van der Waals surface area contributed by atoms with Crippen molar-refractivity contribution in [1.82, 2.24) is 4.90 Å². The van der Waals surface area contributed by atoms with Crippen molar-refractivity contribution < 1.29 is 14.1 Å². The highest BCUT2D eigenvalue weighted by molar-refractivity contribution is 5.94. The third-order valence-electron chi connectivity index (χ3n) is 3.15. The largest absolute Gasteiger partial charge is 0.348 e. The Hall–Kier alpha value is -1.42. The molecular weight excluding hydrogens is 228 g/mol. The summed E-state index contributed by atoms with van der Waals surface area (Å²) < 4.78 is 7.80. The molecule has 2 rings (SSSR count). The normalized spacial score (nSPS) is 21.1. The molecule has 0 saturated carbocycles. The fraction of sp³-hybridized carbons (Fsp3) is 0.571. The Balaban J connectivity index is 2.30. The van der Waals surface area contributed by atoms with Crippen molar-refractivity contribution in [3.05, 3.63) is 30.1 Å². The van der Waals surface area contributed by atoms with E-state index in [1.54, 1.807) is 4.90 Å². The second kappa shape index (κ2) is 4.05. The number of nitrogens with zero attached hydrogens (tertiary/aromatic N) is 2. The van der Waals surface area contributed by atoms with Crippen LogP contribution in [0.4, 0.5) is 0 Å². The topological polar surface area (TPSA) is 33.4 Å². The summed E-state index contributed by atoms with van der Waals surface area (Å²) in [5, 5.41) is 0. The van der Waals surface area contributed by atoms with Crippen LogP contribution in [-0.2, 0) is 11.8 Å². The lowest BCUT2D eigenvalue weighted by Gasteiger charge is -2.29. The van der Waals surface area contributed by atoms with Gasteiger partial charge in [-0.05, 0) is 33.8 Å². The van der Waals surface area contributed by atoms with Gasteiger partial charge < -0.3 is 9.64 Å². The first kappa shape index (κ1) is 13.0. The number of aryl methyl sites for hydroxylation is 1. The van der Waals surface area contributed by atoms with Crippen LogP contribution < -0.4 is 4.57 Å². The van der Waals surface area contributed by atoms with Gasteiger partial charge in [-0.15, -0.1) is 0 Å². The monoisotopic (exact) mass is 249 g/mol. The maximum absolute atomic E-state index is 12.5. The molecule has 2 heterocycles. The number of carbonyl (C=O) groups is 1. The van der Waals surface area contributed by atoms with E-state index in [1.165, 1.54) is 0 Å². The average Bonchev–Trinajstić information content (AvgIpc) is 2.45. The molecule has 1 fully saturated rings. The summed E-state index contributed by atoms with van der Waals surface area (Å²) in [6.45, 7) is 8.49. The van der Waals surface area contributed by atoms with Gasteiger partial charge in [0.05, 0.1) is 12.1 Å². The number of hydrogen-bond donors (Lipinski definition) is 0. The molecule has 1 aromatic heterocycles. The van der Waals surface area contributed by atoms with E-state index >= 15 is 0 Å². The van der Waals surface area contributed by atoms with Gasteiger partial charge in [0.2, 0.25) is 0 Å². The van der Waals surface area contributed by atoms with Gasteiger partial charge >= 0.3 is 0 Å². The molecule has 0 atom stereocenters. The van der Waals surface area contributed by atoms with E-state index in [2.05, 4.69) is 0 Å². The van der Waals surface area contributed by atoms with Crippen molar-refractivity contribution in [3.63, 3.8) is 0 Å². The smallest absolute Gasteiger partial charge is 0.262 e. The van der Waals surface area contributed by atoms with E-state index in [4.69, 9.17) is 4.74 Å². The predicted octanol–water partition coefficient (Wildman–Crippen LogP) is 1.50. The van der Waals surface area contributed by atoms with Crippen molar-refractivity contribution in [3.8, 4) is 0 Å². The third kappa shape index (κ3) is 2.38. The number of pyridine rings is 1. The fourth-order valence-electron chi connectivity index (χ4n) is 2.52. The number of carbonyl (C=O) groups excluding carboxylic acids is 1. The zero-order valence-electron chi connectivity index (χ0n) is 11.7. The van der Waals surface area contributed by atoms with Crippen LogP contribution in [0.1, 0.15) is 38.1 Å². The van der Waals surface area contributed by atoms with E-state index in [1.807, 2.05) is 63.8 Å². The predicted molar refractivity (Wildman–Crippen MR) is 67.9 cm³/mol. The van der Waals surface area contributed by atoms with Crippen LogP contribution in [0, 0.1) is 0 Å². The fourth-order valence-corrected chi connectivity index (χ4v) is 2.52. The van der Waals surface area contributed by atoms with Gasteiger partial charge in [-0.2, -0.15) is 0 Å². The van der Waals surface area contributed by atoms with Gasteiger partial charge in [0.1, 0.15) is 18.3 Å². The number of rotatable bonds is 1. The van der Waals surface area contributed by atoms with Gasteiger partial charge in [0.15, 0.2) is 12.4 Å². The van der Waals surface area contributed by atoms with E-state index in [-0.39, 0.29) is 11.5 Å². The minimum atomic E-state index is -0.561. The molecular formula is C14H21N2O2+. The Bertz CT molecular complexity index is 480. The number of ether oxygens (including phenoxy) is 1. The SMILES string of the molecule is C[n+]1cccc(C(=O)N2CC(C)(C)OC2(C)C)c1. The van der Waals surface area contributed by atoms with Crippen molar-refractivity contribution in [2.75, 3.05) is 6.54 Å². The highest BCUT2D eigenvalue weighted by Crippen LogP contribution is 2.34. The second-order valence-corrected chi connectivity index (χ2v) is 5.96. The lowest BCUT2D eigenvalue weighted by atomic mass is 10.1. The first-order valence-electron chi connectivity index (χ1n) is 6.19. The molecule has 18 heavy (non-hydrogen) atoms. The van der Waals surface area contributed by atoms with Crippen LogP contribution in [0.25, 0.3) is 0 Å². The zero-order valence-corrected chi connectivity index (χ0v) is 11.7. The second-order valence-electron chi connectivity index (χ2n) is 5.96. The first-order chi connectivity index (χ1) is 8.21. The van der Waals surface area contributed by atoms with E-state index in [0.717, 1.165) is 0 Å². The molecule has 1 aromatic rings. The van der Waals surface area contributed by atoms with Gasteiger partial charge in [0.25, 0.3) is 5.91 Å². The zero-order chi connectivity index (χ0) is 13.6. The van der Waals surface area contributed by atoms with Crippen molar-refractivity contribution >= 4 is 5.91 Å². The quantitative estimate of drug-likeness (QED) is 0.707. The highest BCUT2D eigenvalue weighted by Gasteiger charge is 2.46. The molecule has 1 amide bonds. The van der Waals surface area contributed by atoms with Gasteiger partial charge in [-0.1, -0.05) is 0 Å². The Morgan fingerprint density at radius 1 is 1.39 bits per heavy atom. The number of hydrogen-bond acceptors (Lipinski definition) is 2. The molecule has 1 aliphatic rings. The third-order valence-corrected chi connectivity index (χ3v) is 3.15. The summed E-state index contributed by atoms with van der Waals surface area (Å²) in [7, 11) is 1.91. The minimum Gasteiger partial charge on any atom is -0.348 e. The van der Waals surface area contributed by atoms with Gasteiger partial charge in [0, 0.05) is 6.07 Å². The Labute approximate surface area is 108 Å². The molecule has 0 aliphatic carbocycles. The summed E-state index contributed by atoms with van der Waals surface area (Å²) >= 11 is 0.